The van der Waals surface area contributed by atoms with Gasteiger partial charge in [-0.05, 0) is 49.4 Å². The fourth-order valence-electron chi connectivity index (χ4n) is 3.83. The van der Waals surface area contributed by atoms with Crippen LogP contribution in [0.5, 0.6) is 0 Å². The molecule has 0 spiro atoms. The average Bonchev–Trinajstić information content (AvgIpc) is 2.77. The summed E-state index contributed by atoms with van der Waals surface area (Å²) in [7, 11) is 3.71. The molecule has 0 atom stereocenters. The van der Waals surface area contributed by atoms with E-state index in [-0.39, 0.29) is 18.6 Å². The fourth-order valence-corrected chi connectivity index (χ4v) is 4.15. The second kappa shape index (κ2) is 8.88. The van der Waals surface area contributed by atoms with E-state index in [0.29, 0.717) is 32.5 Å². The Bertz CT molecular complexity index is 1370. The van der Waals surface area contributed by atoms with E-state index in [2.05, 4.69) is 10.3 Å². The number of aromatic nitrogens is 2. The van der Waals surface area contributed by atoms with Crippen LogP contribution >= 0.6 is 11.6 Å². The van der Waals surface area contributed by atoms with Gasteiger partial charge in [-0.25, -0.2) is 0 Å². The van der Waals surface area contributed by atoms with Gasteiger partial charge >= 0.3 is 5.97 Å². The largest absolute Gasteiger partial charge is 0.465 e. The number of esters is 1. The number of ether oxygens (including phenoxy) is 1. The van der Waals surface area contributed by atoms with E-state index in [1.165, 1.54) is 0 Å². The van der Waals surface area contributed by atoms with Crippen molar-refractivity contribution in [2.24, 2.45) is 0 Å². The molecule has 4 aromatic rings. The van der Waals surface area contributed by atoms with Crippen LogP contribution in [0, 0.1) is 0 Å². The van der Waals surface area contributed by atoms with Crippen molar-refractivity contribution in [2.45, 2.75) is 13.5 Å². The molecule has 0 aliphatic heterocycles. The predicted octanol–water partition coefficient (Wildman–Crippen LogP) is 4.58. The van der Waals surface area contributed by atoms with E-state index in [9.17, 15) is 9.59 Å². The molecule has 7 nitrogen and oxygen atoms in total. The quantitative estimate of drug-likeness (QED) is 0.342. The van der Waals surface area contributed by atoms with Crippen LogP contribution in [0.2, 0.25) is 5.02 Å². The van der Waals surface area contributed by atoms with Crippen molar-refractivity contribution in [3.8, 4) is 0 Å². The number of benzene rings is 2. The lowest BCUT2D eigenvalue weighted by Crippen LogP contribution is -2.21. The molecular weight excluding hydrogens is 428 g/mol. The summed E-state index contributed by atoms with van der Waals surface area (Å²) >= 11 is 6.52. The molecule has 0 fully saturated rings. The lowest BCUT2D eigenvalue weighted by molar-refractivity contribution is -0.143. The number of carbonyl (C=O) groups is 1. The van der Waals surface area contributed by atoms with E-state index >= 15 is 0 Å². The van der Waals surface area contributed by atoms with Gasteiger partial charge in [0.1, 0.15) is 6.54 Å². The summed E-state index contributed by atoms with van der Waals surface area (Å²) in [6.45, 7) is 1.98. The molecule has 0 saturated heterocycles. The van der Waals surface area contributed by atoms with Crippen LogP contribution in [-0.4, -0.2) is 36.2 Å². The zero-order valence-electron chi connectivity index (χ0n) is 18.1. The molecule has 2 aromatic carbocycles. The van der Waals surface area contributed by atoms with E-state index in [1.807, 2.05) is 47.8 Å². The first kappa shape index (κ1) is 21.6. The van der Waals surface area contributed by atoms with Crippen molar-refractivity contribution in [2.75, 3.05) is 30.9 Å². The van der Waals surface area contributed by atoms with Gasteiger partial charge in [-0.2, -0.15) is 0 Å². The van der Waals surface area contributed by atoms with E-state index in [0.717, 1.165) is 11.4 Å². The van der Waals surface area contributed by atoms with Gasteiger partial charge in [0.15, 0.2) is 5.43 Å². The predicted molar refractivity (Wildman–Crippen MR) is 129 cm³/mol. The Balaban J connectivity index is 2.04. The highest BCUT2D eigenvalue weighted by Crippen LogP contribution is 2.34. The number of hydrogen-bond acceptors (Lipinski definition) is 6. The number of rotatable bonds is 6. The summed E-state index contributed by atoms with van der Waals surface area (Å²) in [5.74, 6) is -0.393. The standard InChI is InChI=1S/C24H23ClN4O3/c1-4-32-21(30)14-29-20-13-16(27-15-9-11-26-12-10-15)5-6-17(20)24(31)18-7-8-19(25)23(22(18)29)28(2)3/h5-13H,4,14H2,1-3H3,(H,26,27). The number of hydrogen-bond donors (Lipinski definition) is 1. The van der Waals surface area contributed by atoms with Crippen molar-refractivity contribution in [1.29, 1.82) is 0 Å². The Labute approximate surface area is 190 Å². The molecule has 2 aromatic heterocycles. The summed E-state index contributed by atoms with van der Waals surface area (Å²) in [6.07, 6.45) is 3.39. The summed E-state index contributed by atoms with van der Waals surface area (Å²) in [5, 5.41) is 4.80. The number of anilines is 3. The van der Waals surface area contributed by atoms with Crippen LogP contribution in [-0.2, 0) is 16.1 Å². The topological polar surface area (TPSA) is 76.5 Å². The van der Waals surface area contributed by atoms with Crippen molar-refractivity contribution >= 4 is 56.4 Å². The molecule has 1 N–H and O–H groups in total. The van der Waals surface area contributed by atoms with Crippen LogP contribution in [0.4, 0.5) is 17.1 Å². The third-order valence-electron chi connectivity index (χ3n) is 5.16. The van der Waals surface area contributed by atoms with Crippen molar-refractivity contribution < 1.29 is 9.53 Å². The van der Waals surface area contributed by atoms with Gasteiger partial charge in [0.2, 0.25) is 0 Å². The maximum atomic E-state index is 13.4. The number of pyridine rings is 2. The average molecular weight is 451 g/mol. The smallest absolute Gasteiger partial charge is 0.325 e. The van der Waals surface area contributed by atoms with E-state index in [1.54, 1.807) is 37.5 Å². The zero-order chi connectivity index (χ0) is 22.8. The Morgan fingerprint density at radius 2 is 1.81 bits per heavy atom. The Hall–Kier alpha value is -3.58. The molecule has 0 bridgehead atoms. The SMILES string of the molecule is CCOC(=O)Cn1c2cc(Nc3ccncc3)ccc2c(=O)c2ccc(Cl)c(N(C)C)c21. The Morgan fingerprint density at radius 1 is 1.09 bits per heavy atom. The molecule has 0 amide bonds. The van der Waals surface area contributed by atoms with Gasteiger partial charge in [-0.3, -0.25) is 14.6 Å². The summed E-state index contributed by atoms with van der Waals surface area (Å²) in [6, 6.07) is 12.6. The highest BCUT2D eigenvalue weighted by Gasteiger charge is 2.20. The molecule has 2 heterocycles. The minimum absolute atomic E-state index is 0.0546. The van der Waals surface area contributed by atoms with Crippen molar-refractivity contribution in [3.05, 3.63) is 70.1 Å². The molecule has 0 aliphatic rings. The number of carbonyl (C=O) groups excluding carboxylic acids is 1. The number of nitrogens with zero attached hydrogens (tertiary/aromatic N) is 3. The fraction of sp³-hybridized carbons (Fsp3) is 0.208. The first-order chi connectivity index (χ1) is 15.4. The molecule has 32 heavy (non-hydrogen) atoms. The van der Waals surface area contributed by atoms with Crippen LogP contribution in [0.1, 0.15) is 6.92 Å². The monoisotopic (exact) mass is 450 g/mol. The van der Waals surface area contributed by atoms with Crippen LogP contribution < -0.4 is 15.6 Å². The molecule has 0 radical (unpaired) electrons. The van der Waals surface area contributed by atoms with Crippen molar-refractivity contribution in [3.63, 3.8) is 0 Å². The van der Waals surface area contributed by atoms with Gasteiger partial charge in [-0.1, -0.05) is 11.6 Å². The van der Waals surface area contributed by atoms with Crippen LogP contribution in [0.15, 0.2) is 59.7 Å². The van der Waals surface area contributed by atoms with Gasteiger partial charge in [0.25, 0.3) is 0 Å². The molecule has 8 heteroatoms. The normalized spacial score (nSPS) is 11.0. The van der Waals surface area contributed by atoms with Gasteiger partial charge in [0.05, 0.1) is 28.4 Å². The lowest BCUT2D eigenvalue weighted by Gasteiger charge is -2.22. The van der Waals surface area contributed by atoms with Gasteiger partial charge in [0, 0.05) is 48.6 Å². The Kier molecular flexibility index (Phi) is 6.01. The van der Waals surface area contributed by atoms with E-state index in [4.69, 9.17) is 16.3 Å². The lowest BCUT2D eigenvalue weighted by atomic mass is 10.1. The number of halogens is 1. The second-order valence-electron chi connectivity index (χ2n) is 7.50. The molecule has 0 saturated carbocycles. The number of nitrogens with one attached hydrogen (secondary N) is 1. The molecular formula is C24H23ClN4O3. The molecule has 164 valence electrons. The number of fused-ring (bicyclic) bond motifs is 2. The summed E-state index contributed by atoms with van der Waals surface area (Å²) in [4.78, 5) is 31.8. The van der Waals surface area contributed by atoms with Gasteiger partial charge < -0.3 is 19.5 Å². The van der Waals surface area contributed by atoms with E-state index < -0.39 is 5.97 Å². The van der Waals surface area contributed by atoms with Crippen LogP contribution in [0.25, 0.3) is 21.8 Å². The summed E-state index contributed by atoms with van der Waals surface area (Å²) in [5.41, 5.74) is 3.38. The third-order valence-corrected chi connectivity index (χ3v) is 5.46. The maximum absolute atomic E-state index is 13.4. The maximum Gasteiger partial charge on any atom is 0.325 e. The first-order valence-electron chi connectivity index (χ1n) is 10.2. The second-order valence-corrected chi connectivity index (χ2v) is 7.91. The Morgan fingerprint density at radius 3 is 2.50 bits per heavy atom. The third kappa shape index (κ3) is 3.99. The van der Waals surface area contributed by atoms with Crippen LogP contribution in [0.3, 0.4) is 0 Å². The first-order valence-corrected chi connectivity index (χ1v) is 10.6. The molecule has 0 aliphatic carbocycles. The minimum atomic E-state index is -0.393. The van der Waals surface area contributed by atoms with Crippen molar-refractivity contribution in [1.82, 2.24) is 9.55 Å². The van der Waals surface area contributed by atoms with Gasteiger partial charge in [-0.15, -0.1) is 0 Å². The highest BCUT2D eigenvalue weighted by molar-refractivity contribution is 6.35. The minimum Gasteiger partial charge on any atom is -0.465 e. The molecule has 0 unspecified atom stereocenters. The molecule has 4 rings (SSSR count). The summed E-state index contributed by atoms with van der Waals surface area (Å²) < 4.78 is 7.03. The zero-order valence-corrected chi connectivity index (χ0v) is 18.8. The highest BCUT2D eigenvalue weighted by atomic mass is 35.5.